The summed E-state index contributed by atoms with van der Waals surface area (Å²) in [6.45, 7) is 5.97. The summed E-state index contributed by atoms with van der Waals surface area (Å²) in [6, 6.07) is 8.41. The summed E-state index contributed by atoms with van der Waals surface area (Å²) in [6.07, 6.45) is 3.56. The van der Waals surface area contributed by atoms with E-state index in [2.05, 4.69) is 68.9 Å². The van der Waals surface area contributed by atoms with Crippen molar-refractivity contribution in [2.75, 3.05) is 11.4 Å². The number of aromatic nitrogens is 2. The zero-order valence-electron chi connectivity index (χ0n) is 10.6. The Bertz CT molecular complexity index is 511. The van der Waals surface area contributed by atoms with Crippen LogP contribution in [-0.4, -0.2) is 16.5 Å². The van der Waals surface area contributed by atoms with E-state index in [4.69, 9.17) is 0 Å². The minimum Gasteiger partial charge on any atom is -0.337 e. The van der Waals surface area contributed by atoms with Crippen LogP contribution in [0.5, 0.6) is 0 Å². The van der Waals surface area contributed by atoms with Gasteiger partial charge in [-0.2, -0.15) is 0 Å². The molecule has 18 heavy (non-hydrogen) atoms. The van der Waals surface area contributed by atoms with Crippen molar-refractivity contribution < 1.29 is 0 Å². The molecule has 0 unspecified atom stereocenters. The fraction of sp³-hybridized carbons (Fsp3) is 0.286. The third kappa shape index (κ3) is 3.07. The van der Waals surface area contributed by atoms with Crippen LogP contribution in [0.1, 0.15) is 18.1 Å². The van der Waals surface area contributed by atoms with Crippen molar-refractivity contribution >= 4 is 21.9 Å². The monoisotopic (exact) mass is 305 g/mol. The highest BCUT2D eigenvalue weighted by Crippen LogP contribution is 2.16. The summed E-state index contributed by atoms with van der Waals surface area (Å²) in [5.74, 6) is 0.768. The van der Waals surface area contributed by atoms with E-state index in [9.17, 15) is 0 Å². The zero-order valence-corrected chi connectivity index (χ0v) is 12.2. The second-order valence-corrected chi connectivity index (χ2v) is 5.06. The van der Waals surface area contributed by atoms with Crippen LogP contribution in [0.4, 0.5) is 5.95 Å². The molecule has 0 saturated carbocycles. The summed E-state index contributed by atoms with van der Waals surface area (Å²) in [4.78, 5) is 10.8. The van der Waals surface area contributed by atoms with Crippen LogP contribution < -0.4 is 4.90 Å². The molecule has 2 rings (SSSR count). The molecule has 0 aliphatic rings. The lowest BCUT2D eigenvalue weighted by molar-refractivity contribution is 0.787. The molecule has 0 amide bonds. The van der Waals surface area contributed by atoms with Gasteiger partial charge in [0.05, 0.1) is 4.47 Å². The van der Waals surface area contributed by atoms with Crippen molar-refractivity contribution in [2.24, 2.45) is 0 Å². The SMILES string of the molecule is CCN(Cc1ccccc1C)c1ncc(Br)cn1. The van der Waals surface area contributed by atoms with Gasteiger partial charge in [0.2, 0.25) is 5.95 Å². The van der Waals surface area contributed by atoms with Gasteiger partial charge in [0.1, 0.15) is 0 Å². The molecule has 0 spiro atoms. The van der Waals surface area contributed by atoms with Gasteiger partial charge in [-0.1, -0.05) is 24.3 Å². The second kappa shape index (κ2) is 5.96. The van der Waals surface area contributed by atoms with Crippen molar-refractivity contribution in [1.29, 1.82) is 0 Å². The van der Waals surface area contributed by atoms with Crippen LogP contribution in [0.25, 0.3) is 0 Å². The van der Waals surface area contributed by atoms with Crippen LogP contribution in [0, 0.1) is 6.92 Å². The summed E-state index contributed by atoms with van der Waals surface area (Å²) >= 11 is 3.35. The number of rotatable bonds is 4. The number of nitrogens with zero attached hydrogens (tertiary/aromatic N) is 3. The molecular formula is C14H16BrN3. The number of benzene rings is 1. The standard InChI is InChI=1S/C14H16BrN3/c1-3-18(14-16-8-13(15)9-17-14)10-12-7-5-4-6-11(12)2/h4-9H,3,10H2,1-2H3. The zero-order chi connectivity index (χ0) is 13.0. The van der Waals surface area contributed by atoms with Crippen LogP contribution >= 0.6 is 15.9 Å². The molecule has 0 aliphatic heterocycles. The van der Waals surface area contributed by atoms with Crippen molar-refractivity contribution in [1.82, 2.24) is 9.97 Å². The first-order chi connectivity index (χ1) is 8.70. The van der Waals surface area contributed by atoms with Gasteiger partial charge >= 0.3 is 0 Å². The van der Waals surface area contributed by atoms with E-state index < -0.39 is 0 Å². The molecule has 0 bridgehead atoms. The Labute approximate surface area is 116 Å². The second-order valence-electron chi connectivity index (χ2n) is 4.14. The highest BCUT2D eigenvalue weighted by atomic mass is 79.9. The first kappa shape index (κ1) is 13.0. The van der Waals surface area contributed by atoms with Gasteiger partial charge in [-0.15, -0.1) is 0 Å². The average Bonchev–Trinajstić information content (AvgIpc) is 2.39. The fourth-order valence-electron chi connectivity index (χ4n) is 1.79. The minimum absolute atomic E-state index is 0.768. The highest BCUT2D eigenvalue weighted by Gasteiger charge is 2.09. The maximum absolute atomic E-state index is 4.34. The fourth-order valence-corrected chi connectivity index (χ4v) is 1.99. The average molecular weight is 306 g/mol. The number of hydrogen-bond donors (Lipinski definition) is 0. The van der Waals surface area contributed by atoms with Gasteiger partial charge in [-0.3, -0.25) is 0 Å². The lowest BCUT2D eigenvalue weighted by Gasteiger charge is -2.21. The van der Waals surface area contributed by atoms with E-state index in [-0.39, 0.29) is 0 Å². The van der Waals surface area contributed by atoms with Gasteiger partial charge in [-0.05, 0) is 40.9 Å². The van der Waals surface area contributed by atoms with Crippen LogP contribution in [0.15, 0.2) is 41.1 Å². The Morgan fingerprint density at radius 1 is 1.17 bits per heavy atom. The third-order valence-corrected chi connectivity index (χ3v) is 3.30. The van der Waals surface area contributed by atoms with Gasteiger partial charge < -0.3 is 4.90 Å². The number of anilines is 1. The van der Waals surface area contributed by atoms with Crippen molar-refractivity contribution in [3.05, 3.63) is 52.3 Å². The molecule has 0 saturated heterocycles. The molecule has 0 aliphatic carbocycles. The normalized spacial score (nSPS) is 10.4. The maximum Gasteiger partial charge on any atom is 0.225 e. The Morgan fingerprint density at radius 2 is 1.83 bits per heavy atom. The molecule has 3 nitrogen and oxygen atoms in total. The molecule has 4 heteroatoms. The first-order valence-corrected chi connectivity index (χ1v) is 6.77. The van der Waals surface area contributed by atoms with E-state index in [0.29, 0.717) is 0 Å². The van der Waals surface area contributed by atoms with Crippen molar-refractivity contribution in [3.63, 3.8) is 0 Å². The van der Waals surface area contributed by atoms with Gasteiger partial charge in [0, 0.05) is 25.5 Å². The molecule has 94 valence electrons. The Morgan fingerprint density at radius 3 is 2.44 bits per heavy atom. The number of halogens is 1. The topological polar surface area (TPSA) is 29.0 Å². The van der Waals surface area contributed by atoms with Crippen LogP contribution in [-0.2, 0) is 6.54 Å². The summed E-state index contributed by atoms with van der Waals surface area (Å²) in [5.41, 5.74) is 2.61. The Kier molecular flexibility index (Phi) is 4.31. The smallest absolute Gasteiger partial charge is 0.225 e. The molecule has 1 aromatic heterocycles. The van der Waals surface area contributed by atoms with Crippen LogP contribution in [0.3, 0.4) is 0 Å². The molecule has 0 atom stereocenters. The summed E-state index contributed by atoms with van der Waals surface area (Å²) < 4.78 is 0.901. The molecule has 2 aromatic rings. The predicted molar refractivity (Wildman–Crippen MR) is 77.6 cm³/mol. The van der Waals surface area contributed by atoms with E-state index in [1.54, 1.807) is 12.4 Å². The minimum atomic E-state index is 0.768. The van der Waals surface area contributed by atoms with Gasteiger partial charge in [-0.25, -0.2) is 9.97 Å². The first-order valence-electron chi connectivity index (χ1n) is 5.97. The highest BCUT2D eigenvalue weighted by molar-refractivity contribution is 9.10. The molecule has 1 heterocycles. The number of aryl methyl sites for hydroxylation is 1. The maximum atomic E-state index is 4.34. The molecule has 0 N–H and O–H groups in total. The predicted octanol–water partition coefficient (Wildman–Crippen LogP) is 3.57. The quantitative estimate of drug-likeness (QED) is 0.864. The summed E-state index contributed by atoms with van der Waals surface area (Å²) in [5, 5.41) is 0. The lowest BCUT2D eigenvalue weighted by Crippen LogP contribution is -2.24. The third-order valence-electron chi connectivity index (χ3n) is 2.89. The number of hydrogen-bond acceptors (Lipinski definition) is 3. The van der Waals surface area contributed by atoms with Gasteiger partial charge in [0.15, 0.2) is 0 Å². The molecule has 1 aromatic carbocycles. The lowest BCUT2D eigenvalue weighted by atomic mass is 10.1. The molecular weight excluding hydrogens is 290 g/mol. The van der Waals surface area contributed by atoms with E-state index in [0.717, 1.165) is 23.5 Å². The Balaban J connectivity index is 2.20. The molecule has 0 radical (unpaired) electrons. The van der Waals surface area contributed by atoms with E-state index in [1.807, 2.05) is 0 Å². The largest absolute Gasteiger partial charge is 0.337 e. The van der Waals surface area contributed by atoms with Crippen molar-refractivity contribution in [2.45, 2.75) is 20.4 Å². The van der Waals surface area contributed by atoms with Crippen LogP contribution in [0.2, 0.25) is 0 Å². The molecule has 0 fully saturated rings. The van der Waals surface area contributed by atoms with E-state index >= 15 is 0 Å². The summed E-state index contributed by atoms with van der Waals surface area (Å²) in [7, 11) is 0. The van der Waals surface area contributed by atoms with Gasteiger partial charge in [0.25, 0.3) is 0 Å². The van der Waals surface area contributed by atoms with Crippen molar-refractivity contribution in [3.8, 4) is 0 Å². The Hall–Kier alpha value is -1.42. The van der Waals surface area contributed by atoms with E-state index in [1.165, 1.54) is 11.1 Å².